The largest absolute Gasteiger partial charge is 0.352 e. The molecule has 0 heterocycles. The SMILES string of the molecule is CCC(C)CNC(=O)c1c(F)ccc([N+](=O)[O-])c1F. The van der Waals surface area contributed by atoms with Gasteiger partial charge in [0.15, 0.2) is 0 Å². The van der Waals surface area contributed by atoms with E-state index in [-0.39, 0.29) is 12.5 Å². The highest BCUT2D eigenvalue weighted by Crippen LogP contribution is 2.22. The van der Waals surface area contributed by atoms with Gasteiger partial charge in [0.25, 0.3) is 5.91 Å². The maximum Gasteiger partial charge on any atom is 0.305 e. The van der Waals surface area contributed by atoms with Crippen LogP contribution in [0.25, 0.3) is 0 Å². The molecule has 0 aromatic heterocycles. The lowest BCUT2D eigenvalue weighted by atomic mass is 10.1. The van der Waals surface area contributed by atoms with Gasteiger partial charge in [-0.05, 0) is 12.0 Å². The summed E-state index contributed by atoms with van der Waals surface area (Å²) in [7, 11) is 0. The number of benzene rings is 1. The predicted molar refractivity (Wildman–Crippen MR) is 64.8 cm³/mol. The molecule has 1 aromatic carbocycles. The zero-order valence-corrected chi connectivity index (χ0v) is 10.6. The second-order valence-corrected chi connectivity index (χ2v) is 4.24. The Morgan fingerprint density at radius 1 is 1.47 bits per heavy atom. The molecule has 0 aliphatic carbocycles. The number of nitro groups is 1. The van der Waals surface area contributed by atoms with E-state index in [1.54, 1.807) is 0 Å². The second-order valence-electron chi connectivity index (χ2n) is 4.24. The van der Waals surface area contributed by atoms with E-state index >= 15 is 0 Å². The maximum absolute atomic E-state index is 13.7. The molecule has 1 atom stereocenters. The van der Waals surface area contributed by atoms with Crippen LogP contribution in [0, 0.1) is 27.7 Å². The zero-order chi connectivity index (χ0) is 14.6. The van der Waals surface area contributed by atoms with Crippen molar-refractivity contribution in [1.82, 2.24) is 5.32 Å². The Morgan fingerprint density at radius 2 is 2.11 bits per heavy atom. The molecule has 1 N–H and O–H groups in total. The molecule has 0 fully saturated rings. The van der Waals surface area contributed by atoms with Crippen molar-refractivity contribution in [2.45, 2.75) is 20.3 Å². The van der Waals surface area contributed by atoms with Crippen molar-refractivity contribution >= 4 is 11.6 Å². The summed E-state index contributed by atoms with van der Waals surface area (Å²) in [4.78, 5) is 21.2. The number of rotatable bonds is 5. The quantitative estimate of drug-likeness (QED) is 0.661. The molecule has 7 heteroatoms. The van der Waals surface area contributed by atoms with Crippen LogP contribution in [0.1, 0.15) is 30.6 Å². The molecule has 19 heavy (non-hydrogen) atoms. The Balaban J connectivity index is 3.02. The van der Waals surface area contributed by atoms with E-state index < -0.39 is 33.7 Å². The van der Waals surface area contributed by atoms with E-state index in [1.165, 1.54) is 0 Å². The molecule has 0 radical (unpaired) electrons. The van der Waals surface area contributed by atoms with E-state index in [4.69, 9.17) is 0 Å². The molecule has 0 aliphatic heterocycles. The van der Waals surface area contributed by atoms with Crippen molar-refractivity contribution in [3.63, 3.8) is 0 Å². The fourth-order valence-corrected chi connectivity index (χ4v) is 1.39. The number of carbonyl (C=O) groups is 1. The van der Waals surface area contributed by atoms with Gasteiger partial charge in [0.05, 0.1) is 4.92 Å². The number of halogens is 2. The minimum absolute atomic E-state index is 0.147. The third-order valence-corrected chi connectivity index (χ3v) is 2.80. The van der Waals surface area contributed by atoms with Crippen molar-refractivity contribution < 1.29 is 18.5 Å². The molecule has 0 bridgehead atoms. The van der Waals surface area contributed by atoms with Crippen LogP contribution in [0.3, 0.4) is 0 Å². The first-order chi connectivity index (χ1) is 8.88. The third kappa shape index (κ3) is 3.46. The van der Waals surface area contributed by atoms with Crippen LogP contribution < -0.4 is 5.32 Å². The minimum atomic E-state index is -1.45. The lowest BCUT2D eigenvalue weighted by Crippen LogP contribution is -2.29. The standard InChI is InChI=1S/C12H14F2N2O3/c1-3-7(2)6-15-12(17)10-8(13)4-5-9(11(10)14)16(18)19/h4-5,7H,3,6H2,1-2H3,(H,15,17). The van der Waals surface area contributed by atoms with E-state index in [9.17, 15) is 23.7 Å². The molecule has 1 rings (SSSR count). The molecule has 5 nitrogen and oxygen atoms in total. The number of carbonyl (C=O) groups excluding carboxylic acids is 1. The van der Waals surface area contributed by atoms with Crippen LogP contribution >= 0.6 is 0 Å². The van der Waals surface area contributed by atoms with Crippen LogP contribution in [0.2, 0.25) is 0 Å². The van der Waals surface area contributed by atoms with Crippen molar-refractivity contribution in [1.29, 1.82) is 0 Å². The Labute approximate surface area is 108 Å². The number of hydrogen-bond acceptors (Lipinski definition) is 3. The van der Waals surface area contributed by atoms with Gasteiger partial charge in [-0.25, -0.2) is 4.39 Å². The fraction of sp³-hybridized carbons (Fsp3) is 0.417. The molecule has 1 aromatic rings. The van der Waals surface area contributed by atoms with Gasteiger partial charge in [-0.1, -0.05) is 20.3 Å². The molecule has 1 unspecified atom stereocenters. The minimum Gasteiger partial charge on any atom is -0.352 e. The Hall–Kier alpha value is -2.05. The highest BCUT2D eigenvalue weighted by molar-refractivity contribution is 5.95. The first kappa shape index (κ1) is 15.0. The predicted octanol–water partition coefficient (Wildman–Crippen LogP) is 2.65. The first-order valence-corrected chi connectivity index (χ1v) is 5.79. The Morgan fingerprint density at radius 3 is 2.63 bits per heavy atom. The average Bonchev–Trinajstić information content (AvgIpc) is 2.35. The van der Waals surface area contributed by atoms with E-state index in [0.717, 1.165) is 6.42 Å². The van der Waals surface area contributed by atoms with Gasteiger partial charge in [-0.15, -0.1) is 0 Å². The van der Waals surface area contributed by atoms with Crippen LogP contribution in [-0.2, 0) is 0 Å². The summed E-state index contributed by atoms with van der Waals surface area (Å²) in [5.41, 5.74) is -1.84. The average molecular weight is 272 g/mol. The lowest BCUT2D eigenvalue weighted by Gasteiger charge is -2.11. The summed E-state index contributed by atoms with van der Waals surface area (Å²) in [5, 5.41) is 12.9. The Bertz CT molecular complexity index is 506. The fourth-order valence-electron chi connectivity index (χ4n) is 1.39. The topological polar surface area (TPSA) is 72.2 Å². The highest BCUT2D eigenvalue weighted by Gasteiger charge is 2.26. The number of hydrogen-bond donors (Lipinski definition) is 1. The molecule has 0 saturated heterocycles. The monoisotopic (exact) mass is 272 g/mol. The van der Waals surface area contributed by atoms with Gasteiger partial charge in [-0.2, -0.15) is 4.39 Å². The highest BCUT2D eigenvalue weighted by atomic mass is 19.1. The van der Waals surface area contributed by atoms with Crippen molar-refractivity contribution in [3.05, 3.63) is 39.4 Å². The molecular formula is C12H14F2N2O3. The first-order valence-electron chi connectivity index (χ1n) is 5.79. The van der Waals surface area contributed by atoms with Crippen molar-refractivity contribution in [2.75, 3.05) is 6.54 Å². The smallest absolute Gasteiger partial charge is 0.305 e. The summed E-state index contributed by atoms with van der Waals surface area (Å²) >= 11 is 0. The molecule has 0 spiro atoms. The van der Waals surface area contributed by atoms with Crippen molar-refractivity contribution in [3.8, 4) is 0 Å². The van der Waals surface area contributed by atoms with Gasteiger partial charge >= 0.3 is 5.69 Å². The van der Waals surface area contributed by atoms with E-state index in [0.29, 0.717) is 12.1 Å². The second kappa shape index (κ2) is 6.21. The van der Waals surface area contributed by atoms with E-state index in [1.807, 2.05) is 13.8 Å². The molecule has 0 aliphatic rings. The zero-order valence-electron chi connectivity index (χ0n) is 10.6. The normalized spacial score (nSPS) is 12.0. The summed E-state index contributed by atoms with van der Waals surface area (Å²) in [5.74, 6) is -3.41. The van der Waals surface area contributed by atoms with Gasteiger partial charge in [0.1, 0.15) is 11.4 Å². The van der Waals surface area contributed by atoms with Gasteiger partial charge in [0.2, 0.25) is 5.82 Å². The molecule has 1 amide bonds. The van der Waals surface area contributed by atoms with Gasteiger partial charge in [-0.3, -0.25) is 14.9 Å². The molecular weight excluding hydrogens is 258 g/mol. The number of nitrogens with one attached hydrogen (secondary N) is 1. The Kier molecular flexibility index (Phi) is 4.91. The summed E-state index contributed by atoms with van der Waals surface area (Å²) < 4.78 is 27.1. The summed E-state index contributed by atoms with van der Waals surface area (Å²) in [6, 6.07) is 1.40. The van der Waals surface area contributed by atoms with Crippen LogP contribution in [0.4, 0.5) is 14.5 Å². The molecule has 0 saturated carbocycles. The van der Waals surface area contributed by atoms with Crippen LogP contribution in [0.15, 0.2) is 12.1 Å². The number of amides is 1. The third-order valence-electron chi connectivity index (χ3n) is 2.80. The lowest BCUT2D eigenvalue weighted by molar-refractivity contribution is -0.387. The van der Waals surface area contributed by atoms with Crippen LogP contribution in [0.5, 0.6) is 0 Å². The van der Waals surface area contributed by atoms with Gasteiger partial charge in [0, 0.05) is 12.6 Å². The molecule has 104 valence electrons. The maximum atomic E-state index is 13.7. The summed E-state index contributed by atoms with van der Waals surface area (Å²) in [6.45, 7) is 4.02. The van der Waals surface area contributed by atoms with E-state index in [2.05, 4.69) is 5.32 Å². The summed E-state index contributed by atoms with van der Waals surface area (Å²) in [6.07, 6.45) is 0.792. The number of nitro benzene ring substituents is 1. The van der Waals surface area contributed by atoms with Crippen LogP contribution in [-0.4, -0.2) is 17.4 Å². The van der Waals surface area contributed by atoms with Gasteiger partial charge < -0.3 is 5.32 Å². The van der Waals surface area contributed by atoms with Crippen molar-refractivity contribution in [2.24, 2.45) is 5.92 Å². The number of nitrogens with zero attached hydrogens (tertiary/aromatic N) is 1.